The molecule has 1 amide bonds. The molecule has 2 rings (SSSR count). The molecule has 0 spiro atoms. The maximum Gasteiger partial charge on any atom is 0.312 e. The van der Waals surface area contributed by atoms with Crippen molar-refractivity contribution in [3.05, 3.63) is 67.1 Å². The molecule has 0 bridgehead atoms. The number of amides is 1. The molecule has 6 nitrogen and oxygen atoms in total. The maximum atomic E-state index is 12.2. The van der Waals surface area contributed by atoms with Gasteiger partial charge in [-0.15, -0.1) is 0 Å². The van der Waals surface area contributed by atoms with Crippen LogP contribution in [0, 0.1) is 10.1 Å². The second kappa shape index (κ2) is 8.38. The smallest absolute Gasteiger partial charge is 0.312 e. The zero-order valence-electron chi connectivity index (χ0n) is 13.0. The van der Waals surface area contributed by atoms with Crippen LogP contribution in [0.3, 0.4) is 0 Å². The Kier molecular flexibility index (Phi) is 6.47. The predicted molar refractivity (Wildman–Crippen MR) is 96.5 cm³/mol. The summed E-state index contributed by atoms with van der Waals surface area (Å²) in [7, 11) is 1.59. The van der Waals surface area contributed by atoms with E-state index in [4.69, 9.17) is 39.5 Å². The Balaban J connectivity index is 2.00. The van der Waals surface area contributed by atoms with Crippen LogP contribution >= 0.6 is 34.8 Å². The molecule has 0 aromatic heterocycles. The molecule has 0 aliphatic rings. The van der Waals surface area contributed by atoms with E-state index in [9.17, 15) is 14.9 Å². The third-order valence-corrected chi connectivity index (χ3v) is 4.27. The number of carbonyl (C=O) groups is 1. The fourth-order valence-electron chi connectivity index (χ4n) is 2.00. The lowest BCUT2D eigenvalue weighted by Gasteiger charge is -2.18. The van der Waals surface area contributed by atoms with Gasteiger partial charge in [0.15, 0.2) is 12.4 Å². The fraction of sp³-hybridized carbons (Fsp3) is 0.188. The van der Waals surface area contributed by atoms with Crippen molar-refractivity contribution < 1.29 is 14.5 Å². The average molecular weight is 404 g/mol. The van der Waals surface area contributed by atoms with Crippen LogP contribution in [0.5, 0.6) is 5.75 Å². The first-order valence-electron chi connectivity index (χ1n) is 7.02. The molecule has 9 heteroatoms. The monoisotopic (exact) mass is 402 g/mol. The van der Waals surface area contributed by atoms with Crippen molar-refractivity contribution in [3.8, 4) is 5.75 Å². The van der Waals surface area contributed by atoms with E-state index in [-0.39, 0.29) is 29.0 Å². The third-order valence-electron chi connectivity index (χ3n) is 3.30. The van der Waals surface area contributed by atoms with Gasteiger partial charge in [-0.25, -0.2) is 0 Å². The zero-order chi connectivity index (χ0) is 18.6. The van der Waals surface area contributed by atoms with Crippen LogP contribution in [0.1, 0.15) is 5.56 Å². The Bertz CT molecular complexity index is 814. The number of nitrogens with zero attached hydrogens (tertiary/aromatic N) is 2. The molecule has 0 radical (unpaired) electrons. The summed E-state index contributed by atoms with van der Waals surface area (Å²) in [6.07, 6.45) is 0. The van der Waals surface area contributed by atoms with Crippen molar-refractivity contribution in [2.75, 3.05) is 13.7 Å². The van der Waals surface area contributed by atoms with Crippen LogP contribution in [0.15, 0.2) is 36.4 Å². The van der Waals surface area contributed by atoms with Crippen molar-refractivity contribution >= 4 is 46.4 Å². The highest BCUT2D eigenvalue weighted by molar-refractivity contribution is 6.42. The standard InChI is InChI=1S/C16H13Cl3N2O4/c1-20(8-10-2-4-12(18)13(19)6-10)16(22)9-25-15-5-3-11(17)7-14(15)21(23)24/h2-7H,8-9H2,1H3. The molecule has 2 aromatic rings. The molecule has 0 saturated heterocycles. The second-order valence-corrected chi connectivity index (χ2v) is 6.41. The number of hydrogen-bond donors (Lipinski definition) is 0. The van der Waals surface area contributed by atoms with Gasteiger partial charge in [-0.05, 0) is 29.8 Å². The Hall–Kier alpha value is -2.02. The van der Waals surface area contributed by atoms with E-state index >= 15 is 0 Å². The Labute approximate surface area is 159 Å². The quantitative estimate of drug-likeness (QED) is 0.522. The molecule has 2 aromatic carbocycles. The van der Waals surface area contributed by atoms with Gasteiger partial charge in [-0.2, -0.15) is 0 Å². The van der Waals surface area contributed by atoms with Crippen LogP contribution < -0.4 is 4.74 Å². The highest BCUT2D eigenvalue weighted by Gasteiger charge is 2.18. The molecule has 132 valence electrons. The van der Waals surface area contributed by atoms with Gasteiger partial charge in [0.2, 0.25) is 0 Å². The number of benzene rings is 2. The van der Waals surface area contributed by atoms with Gasteiger partial charge in [0.25, 0.3) is 5.91 Å². The molecule has 0 saturated carbocycles. The number of ether oxygens (including phenoxy) is 1. The number of halogens is 3. The minimum atomic E-state index is -0.620. The van der Waals surface area contributed by atoms with Crippen LogP contribution in [-0.2, 0) is 11.3 Å². The van der Waals surface area contributed by atoms with Gasteiger partial charge in [0.1, 0.15) is 0 Å². The lowest BCUT2D eigenvalue weighted by atomic mass is 10.2. The molecule has 0 aliphatic heterocycles. The molecule has 25 heavy (non-hydrogen) atoms. The summed E-state index contributed by atoms with van der Waals surface area (Å²) in [4.78, 5) is 24.0. The van der Waals surface area contributed by atoms with Gasteiger partial charge in [-0.1, -0.05) is 40.9 Å². The second-order valence-electron chi connectivity index (χ2n) is 5.16. The number of likely N-dealkylation sites (N-methyl/N-ethyl adjacent to an activating group) is 1. The normalized spacial score (nSPS) is 10.4. The van der Waals surface area contributed by atoms with Crippen molar-refractivity contribution in [2.45, 2.75) is 6.54 Å². The lowest BCUT2D eigenvalue weighted by molar-refractivity contribution is -0.385. The van der Waals surface area contributed by atoms with E-state index in [1.54, 1.807) is 25.2 Å². The van der Waals surface area contributed by atoms with Crippen LogP contribution in [-0.4, -0.2) is 29.4 Å². The maximum absolute atomic E-state index is 12.2. The Morgan fingerprint density at radius 2 is 1.88 bits per heavy atom. The van der Waals surface area contributed by atoms with Gasteiger partial charge in [0, 0.05) is 24.7 Å². The summed E-state index contributed by atoms with van der Waals surface area (Å²) in [6.45, 7) is -0.0535. The van der Waals surface area contributed by atoms with Crippen LogP contribution in [0.25, 0.3) is 0 Å². The number of carbonyl (C=O) groups excluding carboxylic acids is 1. The molecule has 0 aliphatic carbocycles. The minimum absolute atomic E-state index is 0.0225. The summed E-state index contributed by atoms with van der Waals surface area (Å²) in [5.41, 5.74) is 0.496. The molecule has 0 heterocycles. The van der Waals surface area contributed by atoms with E-state index in [0.29, 0.717) is 16.6 Å². The topological polar surface area (TPSA) is 72.7 Å². The fourth-order valence-corrected chi connectivity index (χ4v) is 2.49. The summed E-state index contributed by atoms with van der Waals surface area (Å²) >= 11 is 17.5. The molecular weight excluding hydrogens is 391 g/mol. The Morgan fingerprint density at radius 3 is 2.52 bits per heavy atom. The summed E-state index contributed by atoms with van der Waals surface area (Å²) in [6, 6.07) is 9.04. The highest BCUT2D eigenvalue weighted by Crippen LogP contribution is 2.30. The number of nitro groups is 1. The first kappa shape index (κ1) is 19.3. The van der Waals surface area contributed by atoms with Gasteiger partial charge in [0.05, 0.1) is 15.0 Å². The molecular formula is C16H13Cl3N2O4. The van der Waals surface area contributed by atoms with Crippen LogP contribution in [0.2, 0.25) is 15.1 Å². The van der Waals surface area contributed by atoms with Crippen molar-refractivity contribution in [2.24, 2.45) is 0 Å². The number of rotatable bonds is 6. The van der Waals surface area contributed by atoms with Gasteiger partial charge in [-0.3, -0.25) is 14.9 Å². The molecule has 0 atom stereocenters. The largest absolute Gasteiger partial charge is 0.477 e. The molecule has 0 N–H and O–H groups in total. The van der Waals surface area contributed by atoms with Gasteiger partial charge < -0.3 is 9.64 Å². The molecule has 0 fully saturated rings. The van der Waals surface area contributed by atoms with E-state index in [1.807, 2.05) is 0 Å². The number of nitro benzene ring substituents is 1. The van der Waals surface area contributed by atoms with Crippen molar-refractivity contribution in [3.63, 3.8) is 0 Å². The average Bonchev–Trinajstić information content (AvgIpc) is 2.56. The highest BCUT2D eigenvalue weighted by atomic mass is 35.5. The van der Waals surface area contributed by atoms with E-state index in [2.05, 4.69) is 0 Å². The van der Waals surface area contributed by atoms with E-state index in [0.717, 1.165) is 5.56 Å². The van der Waals surface area contributed by atoms with Crippen molar-refractivity contribution in [1.82, 2.24) is 4.90 Å². The van der Waals surface area contributed by atoms with Crippen LogP contribution in [0.4, 0.5) is 5.69 Å². The SMILES string of the molecule is CN(Cc1ccc(Cl)c(Cl)c1)C(=O)COc1ccc(Cl)cc1[N+](=O)[O-]. The van der Waals surface area contributed by atoms with E-state index < -0.39 is 4.92 Å². The Morgan fingerprint density at radius 1 is 1.16 bits per heavy atom. The third kappa shape index (κ3) is 5.22. The first-order valence-corrected chi connectivity index (χ1v) is 8.16. The summed E-state index contributed by atoms with van der Waals surface area (Å²) in [5.74, 6) is -0.374. The van der Waals surface area contributed by atoms with Crippen molar-refractivity contribution in [1.29, 1.82) is 0 Å². The summed E-state index contributed by atoms with van der Waals surface area (Å²) < 4.78 is 5.28. The summed E-state index contributed by atoms with van der Waals surface area (Å²) in [5, 5.41) is 12.0. The zero-order valence-corrected chi connectivity index (χ0v) is 15.3. The number of hydrogen-bond acceptors (Lipinski definition) is 4. The minimum Gasteiger partial charge on any atom is -0.477 e. The van der Waals surface area contributed by atoms with E-state index in [1.165, 1.54) is 23.1 Å². The molecule has 0 unspecified atom stereocenters. The first-order chi connectivity index (χ1) is 11.8. The lowest BCUT2D eigenvalue weighted by Crippen LogP contribution is -2.31. The van der Waals surface area contributed by atoms with Gasteiger partial charge >= 0.3 is 5.69 Å². The predicted octanol–water partition coefficient (Wildman–Crippen LogP) is 4.59.